The standard InChI is InChI=1S/C20H20N2O3/c1-12-8-13(2)18-14(9-12)10-15(19(23)21-18)11-22(16-5-6-16)20(24)17-4-3-7-25-17/h3-4,7-10,16H,5-6,11H2,1-2H3,(H,21,23). The predicted molar refractivity (Wildman–Crippen MR) is 95.6 cm³/mol. The van der Waals surface area contributed by atoms with Crippen molar-refractivity contribution in [1.82, 2.24) is 9.88 Å². The van der Waals surface area contributed by atoms with Crippen molar-refractivity contribution in [1.29, 1.82) is 0 Å². The summed E-state index contributed by atoms with van der Waals surface area (Å²) in [6.45, 7) is 4.32. The molecule has 2 heterocycles. The van der Waals surface area contributed by atoms with Crippen molar-refractivity contribution in [3.05, 3.63) is 69.4 Å². The highest BCUT2D eigenvalue weighted by atomic mass is 16.3. The fraction of sp³-hybridized carbons (Fsp3) is 0.300. The van der Waals surface area contributed by atoms with Crippen molar-refractivity contribution in [3.63, 3.8) is 0 Å². The Labute approximate surface area is 145 Å². The lowest BCUT2D eigenvalue weighted by Crippen LogP contribution is -2.34. The molecule has 3 aromatic rings. The highest BCUT2D eigenvalue weighted by Gasteiger charge is 2.34. The van der Waals surface area contributed by atoms with Gasteiger partial charge in [-0.05, 0) is 61.9 Å². The van der Waals surface area contributed by atoms with Gasteiger partial charge in [-0.1, -0.05) is 11.6 Å². The smallest absolute Gasteiger partial charge is 0.290 e. The molecule has 0 bridgehead atoms. The van der Waals surface area contributed by atoms with E-state index in [2.05, 4.69) is 17.1 Å². The summed E-state index contributed by atoms with van der Waals surface area (Å²) in [6.07, 6.45) is 3.43. The van der Waals surface area contributed by atoms with Crippen molar-refractivity contribution in [3.8, 4) is 0 Å². The van der Waals surface area contributed by atoms with E-state index in [9.17, 15) is 9.59 Å². The van der Waals surface area contributed by atoms with Gasteiger partial charge in [0.05, 0.1) is 18.3 Å². The molecule has 5 nitrogen and oxygen atoms in total. The molecule has 1 N–H and O–H groups in total. The number of furan rings is 1. The van der Waals surface area contributed by atoms with Gasteiger partial charge in [-0.15, -0.1) is 0 Å². The van der Waals surface area contributed by atoms with Crippen LogP contribution in [0.4, 0.5) is 0 Å². The molecule has 4 rings (SSSR count). The normalized spacial score (nSPS) is 14.0. The van der Waals surface area contributed by atoms with Crippen molar-refractivity contribution in [2.75, 3.05) is 0 Å². The monoisotopic (exact) mass is 336 g/mol. The second-order valence-corrected chi connectivity index (χ2v) is 6.81. The summed E-state index contributed by atoms with van der Waals surface area (Å²) in [6, 6.07) is 9.56. The van der Waals surface area contributed by atoms with E-state index >= 15 is 0 Å². The van der Waals surface area contributed by atoms with Gasteiger partial charge in [-0.3, -0.25) is 9.59 Å². The first-order valence-electron chi connectivity index (χ1n) is 8.50. The number of H-pyrrole nitrogens is 1. The van der Waals surface area contributed by atoms with E-state index in [4.69, 9.17) is 4.42 Å². The highest BCUT2D eigenvalue weighted by molar-refractivity contribution is 5.92. The zero-order valence-corrected chi connectivity index (χ0v) is 14.3. The third-order valence-electron chi connectivity index (χ3n) is 4.69. The third kappa shape index (κ3) is 2.97. The molecule has 1 amide bonds. The lowest BCUT2D eigenvalue weighted by molar-refractivity contribution is 0.0697. The molecule has 25 heavy (non-hydrogen) atoms. The maximum atomic E-state index is 12.7. The zero-order valence-electron chi connectivity index (χ0n) is 14.3. The number of fused-ring (bicyclic) bond motifs is 1. The first kappa shape index (κ1) is 15.7. The van der Waals surface area contributed by atoms with Gasteiger partial charge in [0, 0.05) is 11.6 Å². The lowest BCUT2D eigenvalue weighted by Gasteiger charge is -2.21. The Hall–Kier alpha value is -2.82. The van der Waals surface area contributed by atoms with E-state index < -0.39 is 0 Å². The van der Waals surface area contributed by atoms with E-state index in [0.717, 1.165) is 34.9 Å². The van der Waals surface area contributed by atoms with Crippen LogP contribution in [0.2, 0.25) is 0 Å². The first-order valence-corrected chi connectivity index (χ1v) is 8.50. The summed E-state index contributed by atoms with van der Waals surface area (Å²) >= 11 is 0. The van der Waals surface area contributed by atoms with E-state index in [1.54, 1.807) is 17.0 Å². The second kappa shape index (κ2) is 5.92. The van der Waals surface area contributed by atoms with Gasteiger partial charge >= 0.3 is 0 Å². The van der Waals surface area contributed by atoms with Gasteiger partial charge in [-0.2, -0.15) is 0 Å². The summed E-state index contributed by atoms with van der Waals surface area (Å²) in [5.41, 5.74) is 3.51. The largest absolute Gasteiger partial charge is 0.459 e. The van der Waals surface area contributed by atoms with Crippen LogP contribution in [0.15, 0.2) is 45.8 Å². The minimum Gasteiger partial charge on any atom is -0.459 e. The maximum absolute atomic E-state index is 12.7. The molecule has 0 atom stereocenters. The molecule has 1 aromatic carbocycles. The van der Waals surface area contributed by atoms with Crippen LogP contribution in [-0.4, -0.2) is 21.8 Å². The van der Waals surface area contributed by atoms with Crippen LogP contribution >= 0.6 is 0 Å². The molecule has 0 radical (unpaired) electrons. The molecule has 0 saturated heterocycles. The minimum absolute atomic E-state index is 0.141. The molecule has 128 valence electrons. The van der Waals surface area contributed by atoms with Gasteiger partial charge in [0.2, 0.25) is 0 Å². The van der Waals surface area contributed by atoms with Gasteiger partial charge in [-0.25, -0.2) is 0 Å². The van der Waals surface area contributed by atoms with Gasteiger partial charge in [0.25, 0.3) is 11.5 Å². The van der Waals surface area contributed by atoms with E-state index in [0.29, 0.717) is 17.9 Å². The van der Waals surface area contributed by atoms with Crippen LogP contribution in [0.5, 0.6) is 0 Å². The molecule has 1 aliphatic carbocycles. The van der Waals surface area contributed by atoms with Crippen molar-refractivity contribution < 1.29 is 9.21 Å². The van der Waals surface area contributed by atoms with Crippen LogP contribution in [0.25, 0.3) is 10.9 Å². The van der Waals surface area contributed by atoms with Gasteiger partial charge in [0.15, 0.2) is 5.76 Å². The van der Waals surface area contributed by atoms with Gasteiger partial charge < -0.3 is 14.3 Å². The SMILES string of the molecule is Cc1cc(C)c2[nH]c(=O)c(CN(C(=O)c3ccco3)C3CC3)cc2c1. The number of aromatic nitrogens is 1. The van der Waals surface area contributed by atoms with Crippen molar-refractivity contribution >= 4 is 16.8 Å². The van der Waals surface area contributed by atoms with Crippen LogP contribution in [0, 0.1) is 13.8 Å². The van der Waals surface area contributed by atoms with Crippen molar-refractivity contribution in [2.45, 2.75) is 39.3 Å². The number of carbonyl (C=O) groups excluding carboxylic acids is 1. The quantitative estimate of drug-likeness (QED) is 0.792. The fourth-order valence-corrected chi connectivity index (χ4v) is 3.33. The molecular formula is C20H20N2O3. The fourth-order valence-electron chi connectivity index (χ4n) is 3.33. The minimum atomic E-state index is -0.160. The molecule has 0 unspecified atom stereocenters. The van der Waals surface area contributed by atoms with E-state index in [-0.39, 0.29) is 17.5 Å². The number of nitrogens with zero attached hydrogens (tertiary/aromatic N) is 1. The number of aromatic amines is 1. The molecule has 1 aliphatic rings. The Morgan fingerprint density at radius 3 is 2.76 bits per heavy atom. The summed E-state index contributed by atoms with van der Waals surface area (Å²) in [7, 11) is 0. The summed E-state index contributed by atoms with van der Waals surface area (Å²) in [5, 5.41) is 0.994. The number of benzene rings is 1. The Balaban J connectivity index is 1.72. The average Bonchev–Trinajstić information content (AvgIpc) is 3.26. The Morgan fingerprint density at radius 2 is 2.08 bits per heavy atom. The average molecular weight is 336 g/mol. The summed E-state index contributed by atoms with van der Waals surface area (Å²) < 4.78 is 5.25. The maximum Gasteiger partial charge on any atom is 0.290 e. The highest BCUT2D eigenvalue weighted by Crippen LogP contribution is 2.30. The number of hydrogen-bond acceptors (Lipinski definition) is 3. The topological polar surface area (TPSA) is 66.3 Å². The molecular weight excluding hydrogens is 316 g/mol. The lowest BCUT2D eigenvalue weighted by atomic mass is 10.1. The number of pyridine rings is 1. The Morgan fingerprint density at radius 1 is 1.28 bits per heavy atom. The number of carbonyl (C=O) groups is 1. The molecule has 0 aliphatic heterocycles. The van der Waals surface area contributed by atoms with Gasteiger partial charge in [0.1, 0.15) is 0 Å². The van der Waals surface area contributed by atoms with Crippen LogP contribution in [-0.2, 0) is 6.54 Å². The van der Waals surface area contributed by atoms with Crippen molar-refractivity contribution in [2.24, 2.45) is 0 Å². The van der Waals surface area contributed by atoms with Crippen LogP contribution in [0.3, 0.4) is 0 Å². The third-order valence-corrected chi connectivity index (χ3v) is 4.69. The first-order chi connectivity index (χ1) is 12.0. The predicted octanol–water partition coefficient (Wildman–Crippen LogP) is 3.54. The molecule has 2 aromatic heterocycles. The molecule has 0 spiro atoms. The molecule has 1 saturated carbocycles. The number of amides is 1. The molecule has 5 heteroatoms. The number of nitrogens with one attached hydrogen (secondary N) is 1. The Bertz CT molecular complexity index is 998. The summed E-state index contributed by atoms with van der Waals surface area (Å²) in [5.74, 6) is 0.156. The Kier molecular flexibility index (Phi) is 3.71. The molecule has 1 fully saturated rings. The number of rotatable bonds is 4. The zero-order chi connectivity index (χ0) is 17.6. The number of hydrogen-bond donors (Lipinski definition) is 1. The van der Waals surface area contributed by atoms with Crippen LogP contribution in [0.1, 0.15) is 40.1 Å². The second-order valence-electron chi connectivity index (χ2n) is 6.81. The number of aryl methyl sites for hydroxylation is 2. The summed E-state index contributed by atoms with van der Waals surface area (Å²) in [4.78, 5) is 30.0. The van der Waals surface area contributed by atoms with E-state index in [1.165, 1.54) is 6.26 Å². The van der Waals surface area contributed by atoms with E-state index in [1.807, 2.05) is 19.9 Å². The van der Waals surface area contributed by atoms with Crippen LogP contribution < -0.4 is 5.56 Å².